The van der Waals surface area contributed by atoms with Crippen LogP contribution >= 0.6 is 0 Å². The van der Waals surface area contributed by atoms with Gasteiger partial charge in [-0.1, -0.05) is 84.9 Å². The Labute approximate surface area is 152 Å². The van der Waals surface area contributed by atoms with Gasteiger partial charge in [0.05, 0.1) is 12.8 Å². The Balaban J connectivity index is 1.48. The molecule has 0 aliphatic heterocycles. The zero-order valence-electron chi connectivity index (χ0n) is 14.3. The molecule has 3 aromatic rings. The summed E-state index contributed by atoms with van der Waals surface area (Å²) in [7, 11) is 0. The number of amides is 2. The van der Waals surface area contributed by atoms with Crippen LogP contribution in [0.25, 0.3) is 11.1 Å². The number of nitrogens with one attached hydrogen (secondary N) is 2. The van der Waals surface area contributed by atoms with Crippen LogP contribution in [0, 0.1) is 0 Å². The van der Waals surface area contributed by atoms with E-state index in [1.165, 1.54) is 0 Å². The number of benzene rings is 3. The highest BCUT2D eigenvalue weighted by Crippen LogP contribution is 2.19. The smallest absolute Gasteiger partial charge is 0.242 e. The van der Waals surface area contributed by atoms with E-state index in [1.54, 1.807) is 0 Å². The van der Waals surface area contributed by atoms with Crippen LogP contribution in [0.2, 0.25) is 0 Å². The lowest BCUT2D eigenvalue weighted by atomic mass is 10.0. The molecular weight excluding hydrogens is 324 g/mol. The topological polar surface area (TPSA) is 58.2 Å². The van der Waals surface area contributed by atoms with Gasteiger partial charge in [0.25, 0.3) is 0 Å². The Morgan fingerprint density at radius 1 is 0.538 bits per heavy atom. The predicted octanol–water partition coefficient (Wildman–Crippen LogP) is 3.29. The molecule has 0 aromatic heterocycles. The fourth-order valence-corrected chi connectivity index (χ4v) is 2.64. The molecule has 0 saturated carbocycles. The highest BCUT2D eigenvalue weighted by Gasteiger charge is 2.07. The second-order valence-electron chi connectivity index (χ2n) is 6.00. The summed E-state index contributed by atoms with van der Waals surface area (Å²) in [6, 6.07) is 27.3. The Bertz CT molecular complexity index is 860. The molecule has 0 bridgehead atoms. The summed E-state index contributed by atoms with van der Waals surface area (Å²) in [4.78, 5) is 23.8. The minimum absolute atomic E-state index is 0.209. The predicted molar refractivity (Wildman–Crippen MR) is 102 cm³/mol. The molecule has 3 aromatic carbocycles. The Hall–Kier alpha value is -3.40. The molecule has 0 radical (unpaired) electrons. The molecule has 0 saturated heterocycles. The Morgan fingerprint density at radius 3 is 1.50 bits per heavy atom. The standard InChI is InChI=1S/C22H20N2O2/c25-21(15-17-7-3-1-4-8-17)23-24-22(26)16-18-11-13-20(14-12-18)19-9-5-2-6-10-19/h1-14H,15-16H2,(H,23,25)(H,24,26). The summed E-state index contributed by atoms with van der Waals surface area (Å²) in [5.74, 6) is -0.497. The number of hydrazine groups is 1. The number of carbonyl (C=O) groups is 2. The molecule has 26 heavy (non-hydrogen) atoms. The average molecular weight is 344 g/mol. The summed E-state index contributed by atoms with van der Waals surface area (Å²) in [6.07, 6.45) is 0.438. The lowest BCUT2D eigenvalue weighted by Gasteiger charge is -2.08. The molecule has 130 valence electrons. The zero-order valence-corrected chi connectivity index (χ0v) is 14.3. The number of rotatable bonds is 5. The second kappa shape index (κ2) is 8.62. The van der Waals surface area contributed by atoms with Gasteiger partial charge in [-0.3, -0.25) is 20.4 Å². The van der Waals surface area contributed by atoms with Crippen molar-refractivity contribution in [3.63, 3.8) is 0 Å². The first-order chi connectivity index (χ1) is 12.7. The van der Waals surface area contributed by atoms with E-state index in [4.69, 9.17) is 0 Å². The molecule has 0 heterocycles. The van der Waals surface area contributed by atoms with Crippen LogP contribution in [0.15, 0.2) is 84.9 Å². The highest BCUT2D eigenvalue weighted by molar-refractivity contribution is 5.84. The third-order valence-corrected chi connectivity index (χ3v) is 3.97. The lowest BCUT2D eigenvalue weighted by molar-refractivity contribution is -0.128. The summed E-state index contributed by atoms with van der Waals surface area (Å²) in [5.41, 5.74) is 8.93. The number of hydrogen-bond acceptors (Lipinski definition) is 2. The van der Waals surface area contributed by atoms with Crippen LogP contribution in [0.3, 0.4) is 0 Å². The van der Waals surface area contributed by atoms with Gasteiger partial charge >= 0.3 is 0 Å². The van der Waals surface area contributed by atoms with Crippen LogP contribution in [-0.2, 0) is 22.4 Å². The monoisotopic (exact) mass is 344 g/mol. The molecule has 0 fully saturated rings. The molecule has 3 rings (SSSR count). The van der Waals surface area contributed by atoms with E-state index < -0.39 is 0 Å². The van der Waals surface area contributed by atoms with Crippen LogP contribution in [0.5, 0.6) is 0 Å². The zero-order chi connectivity index (χ0) is 18.2. The normalized spacial score (nSPS) is 10.2. The van der Waals surface area contributed by atoms with Gasteiger partial charge in [0.1, 0.15) is 0 Å². The van der Waals surface area contributed by atoms with E-state index in [1.807, 2.05) is 84.9 Å². The largest absolute Gasteiger partial charge is 0.273 e. The Morgan fingerprint density at radius 2 is 0.962 bits per heavy atom. The highest BCUT2D eigenvalue weighted by atomic mass is 16.2. The van der Waals surface area contributed by atoms with Crippen molar-refractivity contribution >= 4 is 11.8 Å². The molecule has 0 spiro atoms. The lowest BCUT2D eigenvalue weighted by Crippen LogP contribution is -2.43. The second-order valence-corrected chi connectivity index (χ2v) is 6.00. The minimum atomic E-state index is -0.251. The van der Waals surface area contributed by atoms with Crippen molar-refractivity contribution in [2.24, 2.45) is 0 Å². The van der Waals surface area contributed by atoms with Gasteiger partial charge < -0.3 is 0 Å². The van der Waals surface area contributed by atoms with Gasteiger partial charge in [-0.15, -0.1) is 0 Å². The Kier molecular flexibility index (Phi) is 5.78. The van der Waals surface area contributed by atoms with E-state index in [2.05, 4.69) is 10.9 Å². The van der Waals surface area contributed by atoms with Crippen molar-refractivity contribution in [1.82, 2.24) is 10.9 Å². The van der Waals surface area contributed by atoms with Gasteiger partial charge in [0.2, 0.25) is 11.8 Å². The third kappa shape index (κ3) is 5.05. The maximum absolute atomic E-state index is 12.0. The van der Waals surface area contributed by atoms with E-state index in [-0.39, 0.29) is 24.7 Å². The molecule has 2 N–H and O–H groups in total. The van der Waals surface area contributed by atoms with Crippen LogP contribution < -0.4 is 10.9 Å². The average Bonchev–Trinajstić information content (AvgIpc) is 2.68. The quantitative estimate of drug-likeness (QED) is 0.698. The van der Waals surface area contributed by atoms with E-state index in [0.717, 1.165) is 22.3 Å². The van der Waals surface area contributed by atoms with E-state index >= 15 is 0 Å². The molecule has 0 aliphatic carbocycles. The maximum atomic E-state index is 12.0. The van der Waals surface area contributed by atoms with Crippen molar-refractivity contribution in [2.45, 2.75) is 12.8 Å². The van der Waals surface area contributed by atoms with Gasteiger partial charge in [0.15, 0.2) is 0 Å². The molecule has 4 heteroatoms. The van der Waals surface area contributed by atoms with Crippen molar-refractivity contribution in [2.75, 3.05) is 0 Å². The minimum Gasteiger partial charge on any atom is -0.273 e. The van der Waals surface area contributed by atoms with E-state index in [9.17, 15) is 9.59 Å². The van der Waals surface area contributed by atoms with Crippen LogP contribution in [0.1, 0.15) is 11.1 Å². The van der Waals surface area contributed by atoms with Crippen LogP contribution in [-0.4, -0.2) is 11.8 Å². The van der Waals surface area contributed by atoms with E-state index in [0.29, 0.717) is 0 Å². The van der Waals surface area contributed by atoms with Crippen LogP contribution in [0.4, 0.5) is 0 Å². The van der Waals surface area contributed by atoms with Crippen molar-refractivity contribution in [3.05, 3.63) is 96.1 Å². The summed E-state index contributed by atoms with van der Waals surface area (Å²) >= 11 is 0. The first-order valence-electron chi connectivity index (χ1n) is 8.47. The fourth-order valence-electron chi connectivity index (χ4n) is 2.64. The molecule has 4 nitrogen and oxygen atoms in total. The fraction of sp³-hybridized carbons (Fsp3) is 0.0909. The number of hydrogen-bond donors (Lipinski definition) is 2. The molecule has 0 aliphatic rings. The third-order valence-electron chi connectivity index (χ3n) is 3.97. The van der Waals surface area contributed by atoms with Gasteiger partial charge in [0, 0.05) is 0 Å². The molecule has 0 unspecified atom stereocenters. The molecule has 2 amide bonds. The first-order valence-corrected chi connectivity index (χ1v) is 8.47. The molecule has 0 atom stereocenters. The maximum Gasteiger partial charge on any atom is 0.242 e. The van der Waals surface area contributed by atoms with Crippen molar-refractivity contribution < 1.29 is 9.59 Å². The van der Waals surface area contributed by atoms with Crippen molar-refractivity contribution in [1.29, 1.82) is 0 Å². The first kappa shape index (κ1) is 17.4. The van der Waals surface area contributed by atoms with Crippen molar-refractivity contribution in [3.8, 4) is 11.1 Å². The molecular formula is C22H20N2O2. The SMILES string of the molecule is O=C(Cc1ccccc1)NNC(=O)Cc1ccc(-c2ccccc2)cc1. The summed E-state index contributed by atoms with van der Waals surface area (Å²) in [5, 5.41) is 0. The van der Waals surface area contributed by atoms with Gasteiger partial charge in [-0.25, -0.2) is 0 Å². The summed E-state index contributed by atoms with van der Waals surface area (Å²) in [6.45, 7) is 0. The summed E-state index contributed by atoms with van der Waals surface area (Å²) < 4.78 is 0. The van der Waals surface area contributed by atoms with Gasteiger partial charge in [-0.05, 0) is 22.3 Å². The van der Waals surface area contributed by atoms with Gasteiger partial charge in [-0.2, -0.15) is 0 Å². The number of carbonyl (C=O) groups excluding carboxylic acids is 2.